The standard InChI is InChI=1S/C11H18N4O2/c1-3-10(16)12-7-14-5-6-15(9-14)8-13-11(17)4-2/h3-4H,1-2,5-9H2,(H,12,16)(H,13,17). The zero-order chi connectivity index (χ0) is 12.7. The number of rotatable bonds is 6. The van der Waals surface area contributed by atoms with E-state index in [1.807, 2.05) is 0 Å². The summed E-state index contributed by atoms with van der Waals surface area (Å²) in [7, 11) is 0. The lowest BCUT2D eigenvalue weighted by molar-refractivity contribution is -0.117. The molecule has 6 heteroatoms. The maximum Gasteiger partial charge on any atom is 0.244 e. The monoisotopic (exact) mass is 238 g/mol. The first-order chi connectivity index (χ1) is 8.15. The Kier molecular flexibility index (Phi) is 5.38. The smallest absolute Gasteiger partial charge is 0.244 e. The van der Waals surface area contributed by atoms with Crippen LogP contribution in [0.25, 0.3) is 0 Å². The predicted molar refractivity (Wildman–Crippen MR) is 64.7 cm³/mol. The van der Waals surface area contributed by atoms with Crippen LogP contribution in [0.15, 0.2) is 25.3 Å². The van der Waals surface area contributed by atoms with Crippen molar-refractivity contribution in [2.45, 2.75) is 0 Å². The van der Waals surface area contributed by atoms with Gasteiger partial charge in [0.2, 0.25) is 11.8 Å². The maximum atomic E-state index is 11.0. The van der Waals surface area contributed by atoms with E-state index in [4.69, 9.17) is 0 Å². The van der Waals surface area contributed by atoms with Crippen molar-refractivity contribution in [3.63, 3.8) is 0 Å². The highest BCUT2D eigenvalue weighted by atomic mass is 16.2. The highest BCUT2D eigenvalue weighted by Gasteiger charge is 2.19. The molecule has 0 aromatic rings. The molecule has 2 N–H and O–H groups in total. The first-order valence-corrected chi connectivity index (χ1v) is 5.41. The lowest BCUT2D eigenvalue weighted by Gasteiger charge is -2.18. The lowest BCUT2D eigenvalue weighted by Crippen LogP contribution is -2.39. The molecule has 17 heavy (non-hydrogen) atoms. The third kappa shape index (κ3) is 4.80. The van der Waals surface area contributed by atoms with E-state index >= 15 is 0 Å². The second-order valence-corrected chi connectivity index (χ2v) is 3.74. The molecule has 1 saturated heterocycles. The van der Waals surface area contributed by atoms with Crippen LogP contribution in [0.4, 0.5) is 0 Å². The van der Waals surface area contributed by atoms with Crippen LogP contribution in [0.1, 0.15) is 0 Å². The Labute approximate surface area is 101 Å². The molecule has 94 valence electrons. The van der Waals surface area contributed by atoms with E-state index in [0.29, 0.717) is 13.3 Å². The summed E-state index contributed by atoms with van der Waals surface area (Å²) in [5, 5.41) is 5.42. The number of hydrogen-bond acceptors (Lipinski definition) is 4. The molecule has 0 aromatic carbocycles. The van der Waals surface area contributed by atoms with Crippen LogP contribution >= 0.6 is 0 Å². The van der Waals surface area contributed by atoms with Crippen molar-refractivity contribution in [2.75, 3.05) is 33.1 Å². The number of hydrogen-bond donors (Lipinski definition) is 2. The molecule has 0 bridgehead atoms. The predicted octanol–water partition coefficient (Wildman–Crippen LogP) is -0.919. The lowest BCUT2D eigenvalue weighted by atomic mass is 10.5. The third-order valence-corrected chi connectivity index (χ3v) is 2.46. The van der Waals surface area contributed by atoms with E-state index in [2.05, 4.69) is 33.6 Å². The van der Waals surface area contributed by atoms with Gasteiger partial charge in [-0.05, 0) is 12.2 Å². The molecule has 0 spiro atoms. The van der Waals surface area contributed by atoms with Crippen molar-refractivity contribution in [3.05, 3.63) is 25.3 Å². The molecule has 1 aliphatic rings. The Balaban J connectivity index is 2.18. The average molecular weight is 238 g/mol. The Hall–Kier alpha value is -1.66. The largest absolute Gasteiger partial charge is 0.340 e. The van der Waals surface area contributed by atoms with Gasteiger partial charge in [0, 0.05) is 13.1 Å². The van der Waals surface area contributed by atoms with Gasteiger partial charge >= 0.3 is 0 Å². The van der Waals surface area contributed by atoms with Gasteiger partial charge in [-0.25, -0.2) is 0 Å². The van der Waals surface area contributed by atoms with E-state index in [-0.39, 0.29) is 11.8 Å². The fourth-order valence-corrected chi connectivity index (χ4v) is 1.49. The Morgan fingerprint density at radius 2 is 1.41 bits per heavy atom. The van der Waals surface area contributed by atoms with Gasteiger partial charge in [0.1, 0.15) is 0 Å². The molecule has 1 fully saturated rings. The van der Waals surface area contributed by atoms with E-state index < -0.39 is 0 Å². The van der Waals surface area contributed by atoms with Gasteiger partial charge in [0.15, 0.2) is 0 Å². The van der Waals surface area contributed by atoms with Crippen molar-refractivity contribution >= 4 is 11.8 Å². The summed E-state index contributed by atoms with van der Waals surface area (Å²) in [6.45, 7) is 10.2. The van der Waals surface area contributed by atoms with E-state index in [1.54, 1.807) is 0 Å². The molecule has 1 heterocycles. The number of amides is 2. The van der Waals surface area contributed by atoms with Crippen LogP contribution in [0.2, 0.25) is 0 Å². The van der Waals surface area contributed by atoms with Gasteiger partial charge in [-0.15, -0.1) is 0 Å². The Morgan fingerprint density at radius 3 is 1.76 bits per heavy atom. The quantitative estimate of drug-likeness (QED) is 0.588. The van der Waals surface area contributed by atoms with Crippen LogP contribution in [0, 0.1) is 0 Å². The highest BCUT2D eigenvalue weighted by molar-refractivity contribution is 5.87. The van der Waals surface area contributed by atoms with Gasteiger partial charge in [-0.1, -0.05) is 13.2 Å². The first-order valence-electron chi connectivity index (χ1n) is 5.41. The van der Waals surface area contributed by atoms with Crippen molar-refractivity contribution in [2.24, 2.45) is 0 Å². The second kappa shape index (κ2) is 6.82. The Bertz CT molecular complexity index is 287. The van der Waals surface area contributed by atoms with Gasteiger partial charge in [-0.3, -0.25) is 19.4 Å². The molecule has 0 unspecified atom stereocenters. The van der Waals surface area contributed by atoms with Crippen LogP contribution in [-0.2, 0) is 9.59 Å². The summed E-state index contributed by atoms with van der Waals surface area (Å²) in [5.74, 6) is -0.355. The maximum absolute atomic E-state index is 11.0. The summed E-state index contributed by atoms with van der Waals surface area (Å²) in [4.78, 5) is 26.1. The van der Waals surface area contributed by atoms with E-state index in [0.717, 1.165) is 19.8 Å². The molecule has 0 radical (unpaired) electrons. The summed E-state index contributed by atoms with van der Waals surface area (Å²) in [6, 6.07) is 0. The van der Waals surface area contributed by atoms with Crippen molar-refractivity contribution in [1.82, 2.24) is 20.4 Å². The molecule has 1 aliphatic heterocycles. The van der Waals surface area contributed by atoms with Crippen LogP contribution in [-0.4, -0.2) is 54.7 Å². The summed E-state index contributed by atoms with van der Waals surface area (Å²) < 4.78 is 0. The fourth-order valence-electron chi connectivity index (χ4n) is 1.49. The minimum Gasteiger partial charge on any atom is -0.340 e. The average Bonchev–Trinajstić information content (AvgIpc) is 2.80. The molecular weight excluding hydrogens is 220 g/mol. The van der Waals surface area contributed by atoms with Crippen molar-refractivity contribution < 1.29 is 9.59 Å². The van der Waals surface area contributed by atoms with Gasteiger partial charge < -0.3 is 10.6 Å². The van der Waals surface area contributed by atoms with Crippen molar-refractivity contribution in [1.29, 1.82) is 0 Å². The van der Waals surface area contributed by atoms with E-state index in [9.17, 15) is 9.59 Å². The Morgan fingerprint density at radius 1 is 1.00 bits per heavy atom. The number of carbonyl (C=O) groups excluding carboxylic acids is 2. The molecular formula is C11H18N4O2. The molecule has 6 nitrogen and oxygen atoms in total. The molecule has 0 aliphatic carbocycles. The van der Waals surface area contributed by atoms with E-state index in [1.165, 1.54) is 12.2 Å². The number of nitrogens with one attached hydrogen (secondary N) is 2. The number of nitrogens with zero attached hydrogens (tertiary/aromatic N) is 2. The molecule has 2 amide bonds. The normalized spacial score (nSPS) is 16.5. The summed E-state index contributed by atoms with van der Waals surface area (Å²) in [5.41, 5.74) is 0. The van der Waals surface area contributed by atoms with Crippen LogP contribution in [0.3, 0.4) is 0 Å². The SMILES string of the molecule is C=CC(=O)NCN1CCN(CNC(=O)C=C)C1. The molecule has 0 aromatic heterocycles. The van der Waals surface area contributed by atoms with Crippen molar-refractivity contribution in [3.8, 4) is 0 Å². The van der Waals surface area contributed by atoms with Crippen LogP contribution < -0.4 is 10.6 Å². The fraction of sp³-hybridized carbons (Fsp3) is 0.455. The minimum atomic E-state index is -0.177. The molecule has 0 atom stereocenters. The van der Waals surface area contributed by atoms with Crippen LogP contribution in [0.5, 0.6) is 0 Å². The third-order valence-electron chi connectivity index (χ3n) is 2.46. The first kappa shape index (κ1) is 13.4. The molecule has 1 rings (SSSR count). The van der Waals surface area contributed by atoms with Gasteiger partial charge in [0.05, 0.1) is 20.0 Å². The molecule has 0 saturated carbocycles. The van der Waals surface area contributed by atoms with Gasteiger partial charge in [0.25, 0.3) is 0 Å². The second-order valence-electron chi connectivity index (χ2n) is 3.74. The van der Waals surface area contributed by atoms with Gasteiger partial charge in [-0.2, -0.15) is 0 Å². The number of carbonyl (C=O) groups is 2. The minimum absolute atomic E-state index is 0.177. The zero-order valence-electron chi connectivity index (χ0n) is 9.82. The zero-order valence-corrected chi connectivity index (χ0v) is 9.82. The topological polar surface area (TPSA) is 64.7 Å². The summed E-state index contributed by atoms with van der Waals surface area (Å²) >= 11 is 0. The summed E-state index contributed by atoms with van der Waals surface area (Å²) in [6.07, 6.45) is 2.50. The highest BCUT2D eigenvalue weighted by Crippen LogP contribution is 2.01.